The molecule has 12 aromatic rings. The molecule has 1 aliphatic heterocycles. The van der Waals surface area contributed by atoms with E-state index < -0.39 is 6.04 Å². The Morgan fingerprint density at radius 2 is 1.04 bits per heavy atom. The summed E-state index contributed by atoms with van der Waals surface area (Å²) >= 11 is 0. The van der Waals surface area contributed by atoms with E-state index in [1.165, 1.54) is 5.56 Å². The van der Waals surface area contributed by atoms with Crippen LogP contribution >= 0.6 is 0 Å². The lowest BCUT2D eigenvalue weighted by Gasteiger charge is -2.23. The van der Waals surface area contributed by atoms with Gasteiger partial charge in [0, 0.05) is 51.6 Å². The minimum atomic E-state index is -0.419. The largest absolute Gasteiger partial charge is 0.457 e. The van der Waals surface area contributed by atoms with Crippen LogP contribution in [0.15, 0.2) is 212 Å². The molecule has 73 heavy (non-hydrogen) atoms. The van der Waals surface area contributed by atoms with Crippen molar-refractivity contribution in [2.24, 2.45) is 0 Å². The summed E-state index contributed by atoms with van der Waals surface area (Å²) < 4.78 is 55.4. The third kappa shape index (κ3) is 7.56. The van der Waals surface area contributed by atoms with Crippen molar-refractivity contribution >= 4 is 76.7 Å². The van der Waals surface area contributed by atoms with Crippen LogP contribution in [-0.4, -0.2) is 19.1 Å². The Morgan fingerprint density at radius 3 is 1.77 bits per heavy atom. The minimum Gasteiger partial charge on any atom is -0.457 e. The van der Waals surface area contributed by atoms with E-state index in [0.29, 0.717) is 29.5 Å². The Balaban J connectivity index is 1.02. The second kappa shape index (κ2) is 17.0. The number of benzene rings is 8. The van der Waals surface area contributed by atoms with E-state index >= 15 is 0 Å². The van der Waals surface area contributed by atoms with Crippen LogP contribution in [-0.2, 0) is 17.5 Å². The van der Waals surface area contributed by atoms with Crippen molar-refractivity contribution in [3.05, 3.63) is 224 Å². The predicted molar refractivity (Wildman–Crippen MR) is 305 cm³/mol. The van der Waals surface area contributed by atoms with Gasteiger partial charge in [-0.2, -0.15) is 0 Å². The number of nitrogens with zero attached hydrogens (tertiary/aromatic N) is 5. The summed E-state index contributed by atoms with van der Waals surface area (Å²) in [5, 5.41) is 8.69. The van der Waals surface area contributed by atoms with Crippen molar-refractivity contribution in [1.82, 2.24) is 19.1 Å². The first kappa shape index (κ1) is 38.9. The predicted octanol–water partition coefficient (Wildman–Crippen LogP) is 17.9. The Kier molecular flexibility index (Phi) is 9.05. The molecule has 1 aliphatic rings. The van der Waals surface area contributed by atoms with Crippen LogP contribution in [0.2, 0.25) is 0 Å². The third-order valence-corrected chi connectivity index (χ3v) is 14.5. The normalized spacial score (nSPS) is 13.7. The summed E-state index contributed by atoms with van der Waals surface area (Å²) in [5.41, 5.74) is 9.25. The van der Waals surface area contributed by atoms with Gasteiger partial charge in [-0.15, -0.1) is 0 Å². The molecule has 0 atom stereocenters. The molecule has 13 rings (SSSR count). The molecule has 0 amide bonds. The van der Waals surface area contributed by atoms with E-state index in [1.54, 1.807) is 6.20 Å². The number of para-hydroxylation sites is 3. The lowest BCUT2D eigenvalue weighted by molar-refractivity contribution is 0.482. The van der Waals surface area contributed by atoms with Gasteiger partial charge in [0.15, 0.2) is 0 Å². The number of ether oxygens (including phenoxy) is 1. The van der Waals surface area contributed by atoms with E-state index in [-0.39, 0.29) is 40.6 Å². The minimum absolute atomic E-state index is 0.0578. The summed E-state index contributed by atoms with van der Waals surface area (Å²) in [5.74, 6) is 2.86. The standard InChI is InChI=1S/C67H55N5O/c1-66(2,3)46-32-34-69-63(39-46)72-59-28-15-14-24-55(59)56-31-30-48(40-61(56)72)73-49-33-35-68-62(41-49)70-42-71-64-50(45-36-44(43-18-8-7-9-19-43)37-47(38-45)67(4,5)6)25-16-26-57(64)53-22-12-10-20-51(53)52-21-11-13-23-54(52)58-27-17-29-60(70)65(58)71/h7-41H,42H2,1-6H3/i7D,8D,9D,18D,19D. The number of aromatic nitrogens is 4. The van der Waals surface area contributed by atoms with E-state index in [9.17, 15) is 0 Å². The highest BCUT2D eigenvalue weighted by Crippen LogP contribution is 2.46. The van der Waals surface area contributed by atoms with Crippen molar-refractivity contribution < 1.29 is 11.6 Å². The second-order valence-electron chi connectivity index (χ2n) is 21.1. The molecule has 354 valence electrons. The Bertz CT molecular complexity index is 4530. The smallest absolute Gasteiger partial charge is 0.138 e. The summed E-state index contributed by atoms with van der Waals surface area (Å²) in [7, 11) is 0. The molecule has 0 saturated carbocycles. The first-order chi connectivity index (χ1) is 37.5. The number of rotatable bonds is 6. The monoisotopic (exact) mass is 950 g/mol. The summed E-state index contributed by atoms with van der Waals surface area (Å²) in [6.45, 7) is 13.5. The molecule has 0 saturated heterocycles. The Morgan fingerprint density at radius 1 is 0.452 bits per heavy atom. The van der Waals surface area contributed by atoms with Crippen LogP contribution in [0.25, 0.3) is 93.2 Å². The molecule has 0 bridgehead atoms. The molecule has 0 spiro atoms. The topological polar surface area (TPSA) is 48.1 Å². The fourth-order valence-corrected chi connectivity index (χ4v) is 10.9. The second-order valence-corrected chi connectivity index (χ2v) is 21.1. The van der Waals surface area contributed by atoms with Gasteiger partial charge in [0.2, 0.25) is 0 Å². The van der Waals surface area contributed by atoms with Crippen LogP contribution in [0, 0.1) is 0 Å². The molecular formula is C67H55N5O. The molecule has 6 heteroatoms. The first-order valence-electron chi connectivity index (χ1n) is 27.4. The zero-order valence-electron chi connectivity index (χ0n) is 46.7. The van der Waals surface area contributed by atoms with E-state index in [2.05, 4.69) is 195 Å². The fourth-order valence-electron chi connectivity index (χ4n) is 10.9. The van der Waals surface area contributed by atoms with Crippen molar-refractivity contribution in [3.8, 4) is 39.6 Å². The molecule has 0 aliphatic carbocycles. The maximum absolute atomic E-state index is 9.09. The lowest BCUT2D eigenvalue weighted by Crippen LogP contribution is -2.16. The molecule has 4 aromatic heterocycles. The zero-order valence-corrected chi connectivity index (χ0v) is 41.7. The van der Waals surface area contributed by atoms with E-state index in [0.717, 1.165) is 93.4 Å². The van der Waals surface area contributed by atoms with Crippen molar-refractivity contribution in [2.75, 3.05) is 4.90 Å². The molecule has 0 unspecified atom stereocenters. The molecule has 0 fully saturated rings. The third-order valence-electron chi connectivity index (χ3n) is 14.5. The first-order valence-corrected chi connectivity index (χ1v) is 24.9. The number of anilines is 2. The Hall–Kier alpha value is -8.74. The number of pyridine rings is 2. The number of hydrogen-bond acceptors (Lipinski definition) is 4. The van der Waals surface area contributed by atoms with E-state index in [1.807, 2.05) is 36.5 Å². The van der Waals surface area contributed by atoms with Gasteiger partial charge in [-0.3, -0.25) is 4.57 Å². The number of fused-ring (bicyclic) bond motifs is 10. The van der Waals surface area contributed by atoms with Gasteiger partial charge in [0.25, 0.3) is 0 Å². The Labute approximate surface area is 432 Å². The highest BCUT2D eigenvalue weighted by Gasteiger charge is 2.27. The molecule has 6 nitrogen and oxygen atoms in total. The fraction of sp³-hybridized carbons (Fsp3) is 0.134. The highest BCUT2D eigenvalue weighted by atomic mass is 16.5. The highest BCUT2D eigenvalue weighted by molar-refractivity contribution is 6.22. The van der Waals surface area contributed by atoms with Crippen LogP contribution in [0.1, 0.15) is 59.5 Å². The van der Waals surface area contributed by atoms with Gasteiger partial charge < -0.3 is 14.2 Å². The summed E-state index contributed by atoms with van der Waals surface area (Å²) in [6, 6.07) is 57.6. The molecule has 0 N–H and O–H groups in total. The van der Waals surface area contributed by atoms with Crippen molar-refractivity contribution in [3.63, 3.8) is 0 Å². The van der Waals surface area contributed by atoms with Crippen molar-refractivity contribution in [2.45, 2.75) is 59.0 Å². The summed E-state index contributed by atoms with van der Waals surface area (Å²) in [6.07, 6.45) is 3.70. The number of hydrogen-bond donors (Lipinski definition) is 0. The SMILES string of the molecule is [2H]c1c([2H])c([2H])c(-c2cc(-c3cccc4c5ccccc5c5ccccc5c5cccc6c5n(c34)CN6c3cc(Oc4ccc5c6ccccc6n(-c6cc(C(C)(C)C)ccn6)c5c4)ccn3)cc(C(C)(C)C)c2)c([2H])c1[2H]. The van der Waals surface area contributed by atoms with Crippen LogP contribution in [0.4, 0.5) is 11.5 Å². The maximum Gasteiger partial charge on any atom is 0.138 e. The molecular weight excluding hydrogens is 891 g/mol. The van der Waals surface area contributed by atoms with Crippen LogP contribution in [0.5, 0.6) is 11.5 Å². The zero-order chi connectivity index (χ0) is 53.9. The van der Waals surface area contributed by atoms with Gasteiger partial charge in [-0.25, -0.2) is 9.97 Å². The molecule has 8 aromatic carbocycles. The van der Waals surface area contributed by atoms with E-state index in [4.69, 9.17) is 21.6 Å². The quantitative estimate of drug-likeness (QED) is 0.167. The lowest BCUT2D eigenvalue weighted by atomic mass is 9.83. The van der Waals surface area contributed by atoms with Gasteiger partial charge >= 0.3 is 0 Å². The summed E-state index contributed by atoms with van der Waals surface area (Å²) in [4.78, 5) is 12.2. The molecule has 5 heterocycles. The van der Waals surface area contributed by atoms with Gasteiger partial charge in [-0.05, 0) is 109 Å². The van der Waals surface area contributed by atoms with Gasteiger partial charge in [-0.1, -0.05) is 181 Å². The maximum atomic E-state index is 9.09. The van der Waals surface area contributed by atoms with Gasteiger partial charge in [0.1, 0.15) is 29.8 Å². The van der Waals surface area contributed by atoms with Crippen LogP contribution in [0.3, 0.4) is 0 Å². The van der Waals surface area contributed by atoms with Crippen molar-refractivity contribution in [1.29, 1.82) is 0 Å². The molecule has 0 radical (unpaired) electrons. The average Bonchev–Trinajstić information content (AvgIpc) is 4.07. The average molecular weight is 951 g/mol. The van der Waals surface area contributed by atoms with Crippen LogP contribution < -0.4 is 9.64 Å². The van der Waals surface area contributed by atoms with Gasteiger partial charge in [0.05, 0.1) is 34.6 Å².